The van der Waals surface area contributed by atoms with Gasteiger partial charge in [-0.05, 0) is 0 Å². The van der Waals surface area contributed by atoms with E-state index in [9.17, 15) is 9.79 Å². The van der Waals surface area contributed by atoms with E-state index < -0.39 is 7.36 Å². The molecule has 0 atom stereocenters. The van der Waals surface area contributed by atoms with Crippen LogP contribution in [0.15, 0.2) is 0 Å². The van der Waals surface area contributed by atoms with E-state index in [1.54, 1.807) is 4.67 Å². The molecule has 96 valence electrons. The molecule has 0 aromatic rings. The number of nitrogens with zero attached hydrogens (tertiary/aromatic N) is 2. The van der Waals surface area contributed by atoms with Gasteiger partial charge in [-0.3, -0.25) is 0 Å². The van der Waals surface area contributed by atoms with E-state index in [0.717, 1.165) is 0 Å². The molecule has 0 aromatic carbocycles. The topological polar surface area (TPSA) is 79.5 Å². The van der Waals surface area contributed by atoms with Crippen molar-refractivity contribution in [2.24, 2.45) is 0 Å². The molecule has 0 aliphatic rings. The summed E-state index contributed by atoms with van der Waals surface area (Å²) >= 11 is 5.53. The predicted molar refractivity (Wildman–Crippen MR) is 67.6 cm³/mol. The first-order valence-corrected chi connectivity index (χ1v) is 7.89. The van der Waals surface area contributed by atoms with Crippen molar-refractivity contribution < 1.29 is 9.79 Å². The number of hydrogen-bond donors (Lipinski definition) is 3. The van der Waals surface area contributed by atoms with Crippen LogP contribution in [0.2, 0.25) is 0 Å². The number of nitriles is 1. The molecule has 0 amide bonds. The summed E-state index contributed by atoms with van der Waals surface area (Å²) in [5, 5.41) is 8.56. The van der Waals surface area contributed by atoms with Crippen molar-refractivity contribution in [2.75, 3.05) is 6.16 Å². The number of rotatable bonds is 6. The van der Waals surface area contributed by atoms with Gasteiger partial charge in [0.25, 0.3) is 0 Å². The minimum atomic E-state index is -4.35. The summed E-state index contributed by atoms with van der Waals surface area (Å²) < 4.78 is 3.69. The van der Waals surface area contributed by atoms with Gasteiger partial charge in [-0.1, -0.05) is 0 Å². The molecule has 0 fully saturated rings. The quantitative estimate of drug-likeness (QED) is 0.507. The molecular formula is C9H21ClN3O2P. The summed E-state index contributed by atoms with van der Waals surface area (Å²) in [6, 6.07) is 1.73. The zero-order valence-corrected chi connectivity index (χ0v) is 11.8. The van der Waals surface area contributed by atoms with Crippen LogP contribution < -0.4 is 4.61 Å². The van der Waals surface area contributed by atoms with Crippen LogP contribution in [0.3, 0.4) is 0 Å². The van der Waals surface area contributed by atoms with Crippen LogP contribution in [0.4, 0.5) is 0 Å². The van der Waals surface area contributed by atoms with Crippen LogP contribution in [-0.4, -0.2) is 32.7 Å². The molecule has 16 heavy (non-hydrogen) atoms. The molecule has 0 spiro atoms. The molecule has 0 rings (SSSR count). The third-order valence-electron chi connectivity index (χ3n) is 2.35. The van der Waals surface area contributed by atoms with Gasteiger partial charge in [0.1, 0.15) is 0 Å². The molecule has 0 radical (unpaired) electrons. The van der Waals surface area contributed by atoms with E-state index in [1.807, 2.05) is 33.8 Å². The van der Waals surface area contributed by atoms with Crippen molar-refractivity contribution in [1.82, 2.24) is 9.28 Å². The second-order valence-corrected chi connectivity index (χ2v) is 8.32. The van der Waals surface area contributed by atoms with Gasteiger partial charge in [-0.2, -0.15) is 0 Å². The number of halogens is 1. The zero-order valence-electron chi connectivity index (χ0n) is 10.2. The Hall–Kier alpha value is 0.0500. The van der Waals surface area contributed by atoms with E-state index >= 15 is 0 Å². The number of hydrogen-bond acceptors (Lipinski definition) is 5. The van der Waals surface area contributed by atoms with E-state index in [1.165, 1.54) is 0 Å². The van der Waals surface area contributed by atoms with Crippen LogP contribution >= 0.6 is 19.1 Å². The first-order chi connectivity index (χ1) is 7.18. The van der Waals surface area contributed by atoms with Gasteiger partial charge < -0.3 is 0 Å². The van der Waals surface area contributed by atoms with Crippen molar-refractivity contribution in [3.63, 3.8) is 0 Å². The fraction of sp³-hybridized carbons (Fsp3) is 0.889. The molecule has 0 saturated heterocycles. The summed E-state index contributed by atoms with van der Waals surface area (Å²) in [5.74, 6) is 0. The summed E-state index contributed by atoms with van der Waals surface area (Å²) in [6.07, 6.45) is -0.0254. The molecule has 0 aliphatic heterocycles. The Kier molecular flexibility index (Phi) is 5.61. The molecule has 0 bridgehead atoms. The van der Waals surface area contributed by atoms with Gasteiger partial charge in [-0.25, -0.2) is 0 Å². The third kappa shape index (κ3) is 3.53. The SMILES string of the molecule is CC(C)N(C(C)C)P(O)(O)(CCC#N)NCl. The standard InChI is InChI=1S/C9H21ClN3O2P/c1-8(2)13(9(3)4)16(14,15,12-10)7-5-6-11/h8-9,12,14-15H,5,7H2,1-4H3. The second-order valence-electron chi connectivity index (χ2n) is 4.43. The van der Waals surface area contributed by atoms with Crippen molar-refractivity contribution in [2.45, 2.75) is 46.2 Å². The Bertz CT molecular complexity index is 270. The van der Waals surface area contributed by atoms with Crippen molar-refractivity contribution >= 4 is 19.1 Å². The molecule has 0 heterocycles. The van der Waals surface area contributed by atoms with Crippen LogP contribution in [0, 0.1) is 11.3 Å². The number of nitrogens with one attached hydrogen (secondary N) is 1. The third-order valence-corrected chi connectivity index (χ3v) is 6.68. The van der Waals surface area contributed by atoms with Crippen molar-refractivity contribution in [3.05, 3.63) is 0 Å². The van der Waals surface area contributed by atoms with Crippen LogP contribution in [0.1, 0.15) is 34.1 Å². The maximum absolute atomic E-state index is 10.4. The zero-order chi connectivity index (χ0) is 13.0. The Morgan fingerprint density at radius 3 is 2.00 bits per heavy atom. The van der Waals surface area contributed by atoms with Crippen molar-refractivity contribution in [1.29, 1.82) is 5.26 Å². The minimum absolute atomic E-state index is 0.0421. The Balaban J connectivity index is 5.24. The second kappa shape index (κ2) is 5.59. The monoisotopic (exact) mass is 269 g/mol. The molecule has 0 aromatic heterocycles. The van der Waals surface area contributed by atoms with Crippen molar-refractivity contribution in [3.8, 4) is 6.07 Å². The van der Waals surface area contributed by atoms with E-state index in [4.69, 9.17) is 17.0 Å². The first-order valence-electron chi connectivity index (χ1n) is 5.23. The fourth-order valence-corrected chi connectivity index (χ4v) is 5.40. The Morgan fingerprint density at radius 1 is 1.31 bits per heavy atom. The average Bonchev–Trinajstić information content (AvgIpc) is 2.14. The van der Waals surface area contributed by atoms with Gasteiger partial charge >= 0.3 is 102 Å². The van der Waals surface area contributed by atoms with Gasteiger partial charge in [0.15, 0.2) is 0 Å². The molecule has 0 aliphatic carbocycles. The van der Waals surface area contributed by atoms with Gasteiger partial charge in [0.05, 0.1) is 0 Å². The van der Waals surface area contributed by atoms with Crippen LogP contribution in [0.25, 0.3) is 0 Å². The normalized spacial score (nSPS) is 15.2. The van der Waals surface area contributed by atoms with Crippen LogP contribution in [0.5, 0.6) is 0 Å². The molecule has 5 nitrogen and oxygen atoms in total. The molecule has 3 N–H and O–H groups in total. The predicted octanol–water partition coefficient (Wildman–Crippen LogP) is 1.96. The summed E-state index contributed by atoms with van der Waals surface area (Å²) in [7, 11) is -4.35. The van der Waals surface area contributed by atoms with Gasteiger partial charge in [-0.15, -0.1) is 0 Å². The van der Waals surface area contributed by atoms with E-state index in [0.29, 0.717) is 0 Å². The van der Waals surface area contributed by atoms with E-state index in [-0.39, 0.29) is 24.7 Å². The molecule has 7 heteroatoms. The molecular weight excluding hydrogens is 249 g/mol. The first kappa shape index (κ1) is 16.1. The van der Waals surface area contributed by atoms with Crippen LogP contribution in [-0.2, 0) is 0 Å². The fourth-order valence-electron chi connectivity index (χ4n) is 2.02. The maximum atomic E-state index is 10.4. The summed E-state index contributed by atoms with van der Waals surface area (Å²) in [4.78, 5) is 20.9. The van der Waals surface area contributed by atoms with Gasteiger partial charge in [0.2, 0.25) is 0 Å². The Labute approximate surface area is 102 Å². The van der Waals surface area contributed by atoms with Gasteiger partial charge in [0, 0.05) is 0 Å². The summed E-state index contributed by atoms with van der Waals surface area (Å²) in [5.41, 5.74) is 0. The molecule has 0 saturated carbocycles. The average molecular weight is 270 g/mol. The molecule has 0 unspecified atom stereocenters. The summed E-state index contributed by atoms with van der Waals surface area (Å²) in [6.45, 7) is 7.42. The van der Waals surface area contributed by atoms with E-state index in [2.05, 4.69) is 4.61 Å². The Morgan fingerprint density at radius 2 is 1.75 bits per heavy atom.